The Bertz CT molecular complexity index is 986. The Kier molecular flexibility index (Phi) is 4.42. The molecule has 1 aliphatic heterocycles. The van der Waals surface area contributed by atoms with Crippen LogP contribution in [0.5, 0.6) is 0 Å². The summed E-state index contributed by atoms with van der Waals surface area (Å²) in [7, 11) is 0. The van der Waals surface area contributed by atoms with Gasteiger partial charge in [-0.3, -0.25) is 4.79 Å². The summed E-state index contributed by atoms with van der Waals surface area (Å²) in [5.41, 5.74) is 2.51. The third-order valence-electron chi connectivity index (χ3n) is 4.49. The molecule has 0 N–H and O–H groups in total. The number of carbonyl (C=O) groups is 1. The maximum atomic E-state index is 12.5. The van der Waals surface area contributed by atoms with Gasteiger partial charge < -0.3 is 9.42 Å². The van der Waals surface area contributed by atoms with Gasteiger partial charge in [-0.1, -0.05) is 46.6 Å². The van der Waals surface area contributed by atoms with Crippen molar-refractivity contribution in [3.63, 3.8) is 0 Å². The third kappa shape index (κ3) is 3.08. The SMILES string of the molecule is Cc1ccc(Cl)cc1N1CC(c2nc(-c3ccccc3Cl)no2)CC1=O. The van der Waals surface area contributed by atoms with Gasteiger partial charge in [-0.2, -0.15) is 4.98 Å². The first-order valence-corrected chi connectivity index (χ1v) is 8.93. The molecule has 1 saturated heterocycles. The predicted octanol–water partition coefficient (Wildman–Crippen LogP) is 4.87. The van der Waals surface area contributed by atoms with Crippen molar-refractivity contribution in [3.8, 4) is 11.4 Å². The molecule has 3 aromatic rings. The van der Waals surface area contributed by atoms with E-state index < -0.39 is 0 Å². The van der Waals surface area contributed by atoms with Crippen LogP contribution in [-0.4, -0.2) is 22.6 Å². The zero-order valence-electron chi connectivity index (χ0n) is 13.9. The third-order valence-corrected chi connectivity index (χ3v) is 5.06. The van der Waals surface area contributed by atoms with Crippen LogP contribution < -0.4 is 4.90 Å². The second-order valence-electron chi connectivity index (χ2n) is 6.27. The number of aromatic nitrogens is 2. The zero-order chi connectivity index (χ0) is 18.3. The number of hydrogen-bond donors (Lipinski definition) is 0. The van der Waals surface area contributed by atoms with E-state index in [-0.39, 0.29) is 11.8 Å². The molecule has 5 nitrogen and oxygen atoms in total. The molecule has 0 bridgehead atoms. The molecule has 1 fully saturated rings. The molecular formula is C19H15Cl2N3O2. The summed E-state index contributed by atoms with van der Waals surface area (Å²) in [4.78, 5) is 18.7. The van der Waals surface area contributed by atoms with Crippen molar-refractivity contribution in [1.82, 2.24) is 10.1 Å². The van der Waals surface area contributed by atoms with Gasteiger partial charge >= 0.3 is 0 Å². The van der Waals surface area contributed by atoms with Gasteiger partial charge in [0, 0.05) is 29.2 Å². The number of carbonyl (C=O) groups excluding carboxylic acids is 1. The van der Waals surface area contributed by atoms with Gasteiger partial charge in [0.25, 0.3) is 0 Å². The fourth-order valence-electron chi connectivity index (χ4n) is 3.13. The minimum Gasteiger partial charge on any atom is -0.339 e. The maximum Gasteiger partial charge on any atom is 0.232 e. The minimum absolute atomic E-state index is 0.0119. The molecule has 0 spiro atoms. The lowest BCUT2D eigenvalue weighted by Gasteiger charge is -2.18. The average molecular weight is 388 g/mol. The van der Waals surface area contributed by atoms with E-state index in [4.69, 9.17) is 27.7 Å². The second kappa shape index (κ2) is 6.74. The molecule has 0 aliphatic carbocycles. The van der Waals surface area contributed by atoms with Crippen LogP contribution in [-0.2, 0) is 4.79 Å². The van der Waals surface area contributed by atoms with E-state index in [0.29, 0.717) is 40.3 Å². The highest BCUT2D eigenvalue weighted by atomic mass is 35.5. The van der Waals surface area contributed by atoms with Crippen molar-refractivity contribution in [2.24, 2.45) is 0 Å². The van der Waals surface area contributed by atoms with Crippen LogP contribution in [0.25, 0.3) is 11.4 Å². The Morgan fingerprint density at radius 1 is 1.19 bits per heavy atom. The highest BCUT2D eigenvalue weighted by molar-refractivity contribution is 6.33. The Labute approximate surface area is 160 Å². The fraction of sp³-hybridized carbons (Fsp3) is 0.211. The topological polar surface area (TPSA) is 59.2 Å². The molecule has 7 heteroatoms. The van der Waals surface area contributed by atoms with E-state index in [9.17, 15) is 4.79 Å². The Balaban J connectivity index is 1.60. The average Bonchev–Trinajstić information content (AvgIpc) is 3.24. The number of amides is 1. The van der Waals surface area contributed by atoms with Crippen molar-refractivity contribution in [2.75, 3.05) is 11.4 Å². The smallest absolute Gasteiger partial charge is 0.232 e. The Morgan fingerprint density at radius 2 is 2.00 bits per heavy atom. The summed E-state index contributed by atoms with van der Waals surface area (Å²) >= 11 is 12.3. The van der Waals surface area contributed by atoms with Crippen molar-refractivity contribution in [1.29, 1.82) is 0 Å². The molecule has 1 atom stereocenters. The molecule has 4 rings (SSSR count). The van der Waals surface area contributed by atoms with Crippen molar-refractivity contribution in [2.45, 2.75) is 19.3 Å². The summed E-state index contributed by atoms with van der Waals surface area (Å²) in [6, 6.07) is 12.8. The van der Waals surface area contributed by atoms with Crippen LogP contribution in [0.2, 0.25) is 10.0 Å². The summed E-state index contributed by atoms with van der Waals surface area (Å²) in [5.74, 6) is 0.716. The number of aryl methyl sites for hydroxylation is 1. The second-order valence-corrected chi connectivity index (χ2v) is 7.12. The highest BCUT2D eigenvalue weighted by Gasteiger charge is 2.35. The molecule has 0 radical (unpaired) electrons. The van der Waals surface area contributed by atoms with Gasteiger partial charge in [-0.05, 0) is 36.8 Å². The van der Waals surface area contributed by atoms with Crippen LogP contribution in [0.4, 0.5) is 5.69 Å². The lowest BCUT2D eigenvalue weighted by Crippen LogP contribution is -2.25. The monoisotopic (exact) mass is 387 g/mol. The molecule has 1 aromatic heterocycles. The number of halogens is 2. The number of hydrogen-bond acceptors (Lipinski definition) is 4. The van der Waals surface area contributed by atoms with E-state index in [1.54, 1.807) is 17.0 Å². The zero-order valence-corrected chi connectivity index (χ0v) is 15.5. The lowest BCUT2D eigenvalue weighted by molar-refractivity contribution is -0.117. The van der Waals surface area contributed by atoms with Gasteiger partial charge in [0.2, 0.25) is 17.6 Å². The number of benzene rings is 2. The standard InChI is InChI=1S/C19H15Cl2N3O2/c1-11-6-7-13(20)9-16(11)24-10-12(8-17(24)25)19-22-18(23-26-19)14-4-2-3-5-15(14)21/h2-7,9,12H,8,10H2,1H3. The molecule has 2 aromatic carbocycles. The van der Waals surface area contributed by atoms with Gasteiger partial charge in [0.15, 0.2) is 0 Å². The van der Waals surface area contributed by atoms with Gasteiger partial charge in [-0.15, -0.1) is 0 Å². The van der Waals surface area contributed by atoms with Crippen LogP contribution in [0, 0.1) is 6.92 Å². The predicted molar refractivity (Wildman–Crippen MR) is 101 cm³/mol. The van der Waals surface area contributed by atoms with Gasteiger partial charge in [0.05, 0.1) is 10.9 Å². The van der Waals surface area contributed by atoms with Gasteiger partial charge in [0.1, 0.15) is 0 Å². The summed E-state index contributed by atoms with van der Waals surface area (Å²) in [6.45, 7) is 2.43. The molecule has 132 valence electrons. The van der Waals surface area contributed by atoms with Crippen LogP contribution in [0.1, 0.15) is 23.8 Å². The van der Waals surface area contributed by atoms with E-state index >= 15 is 0 Å². The van der Waals surface area contributed by atoms with Crippen molar-refractivity contribution in [3.05, 3.63) is 64.0 Å². The number of rotatable bonds is 3. The molecule has 1 unspecified atom stereocenters. The molecule has 0 saturated carbocycles. The minimum atomic E-state index is -0.162. The maximum absolute atomic E-state index is 12.5. The summed E-state index contributed by atoms with van der Waals surface area (Å²) < 4.78 is 5.42. The first-order chi connectivity index (χ1) is 12.5. The van der Waals surface area contributed by atoms with Crippen molar-refractivity contribution >= 4 is 34.8 Å². The lowest BCUT2D eigenvalue weighted by atomic mass is 10.1. The number of anilines is 1. The van der Waals surface area contributed by atoms with Crippen molar-refractivity contribution < 1.29 is 9.32 Å². The highest BCUT2D eigenvalue weighted by Crippen LogP contribution is 2.35. The Morgan fingerprint density at radius 3 is 2.81 bits per heavy atom. The largest absolute Gasteiger partial charge is 0.339 e. The normalized spacial score (nSPS) is 17.1. The summed E-state index contributed by atoms with van der Waals surface area (Å²) in [6.07, 6.45) is 0.316. The van der Waals surface area contributed by atoms with Gasteiger partial charge in [-0.25, -0.2) is 0 Å². The Hall–Kier alpha value is -2.37. The molecule has 1 aliphatic rings. The first-order valence-electron chi connectivity index (χ1n) is 8.18. The quantitative estimate of drug-likeness (QED) is 0.642. The number of nitrogens with zero attached hydrogens (tertiary/aromatic N) is 3. The molecular weight excluding hydrogens is 373 g/mol. The van der Waals surface area contributed by atoms with E-state index in [2.05, 4.69) is 10.1 Å². The molecule has 26 heavy (non-hydrogen) atoms. The first kappa shape index (κ1) is 17.1. The van der Waals surface area contributed by atoms with Crippen LogP contribution in [0.3, 0.4) is 0 Å². The van der Waals surface area contributed by atoms with E-state index in [1.165, 1.54) is 0 Å². The fourth-order valence-corrected chi connectivity index (χ4v) is 3.52. The summed E-state index contributed by atoms with van der Waals surface area (Å²) in [5, 5.41) is 5.18. The van der Waals surface area contributed by atoms with E-state index in [1.807, 2.05) is 37.3 Å². The van der Waals surface area contributed by atoms with Crippen LogP contribution >= 0.6 is 23.2 Å². The van der Waals surface area contributed by atoms with E-state index in [0.717, 1.165) is 11.3 Å². The molecule has 1 amide bonds. The van der Waals surface area contributed by atoms with Crippen LogP contribution in [0.15, 0.2) is 47.0 Å². The molecule has 2 heterocycles.